The van der Waals surface area contributed by atoms with E-state index in [0.717, 1.165) is 28.3 Å². The molecule has 2 aromatic carbocycles. The van der Waals surface area contributed by atoms with Gasteiger partial charge in [0.25, 0.3) is 0 Å². The maximum absolute atomic E-state index is 11.4. The molecular weight excluding hydrogens is 430 g/mol. The van der Waals surface area contributed by atoms with Crippen LogP contribution in [0, 0.1) is 0 Å². The van der Waals surface area contributed by atoms with Gasteiger partial charge < -0.3 is 20.1 Å². The molecule has 1 aliphatic rings. The largest absolute Gasteiger partial charge is 0.351 e. The van der Waals surface area contributed by atoms with Crippen molar-refractivity contribution in [1.29, 1.82) is 0 Å². The van der Waals surface area contributed by atoms with Crippen LogP contribution in [0.3, 0.4) is 0 Å². The van der Waals surface area contributed by atoms with Crippen molar-refractivity contribution in [3.8, 4) is 5.69 Å². The number of aromatic nitrogens is 2. The molecule has 1 fully saturated rings. The normalized spacial score (nSPS) is 17.6. The van der Waals surface area contributed by atoms with Gasteiger partial charge in [0.1, 0.15) is 0 Å². The molecule has 1 amide bonds. The Morgan fingerprint density at radius 2 is 1.73 bits per heavy atom. The minimum Gasteiger partial charge on any atom is -0.351 e. The molecule has 2 atom stereocenters. The zero-order chi connectivity index (χ0) is 22.8. The first-order valence-electron chi connectivity index (χ1n) is 10.7. The number of para-hydroxylation sites is 1. The van der Waals surface area contributed by atoms with Gasteiger partial charge in [-0.05, 0) is 72.4 Å². The van der Waals surface area contributed by atoms with Crippen molar-refractivity contribution in [2.45, 2.75) is 19.0 Å². The minimum absolute atomic E-state index is 0.0935. The van der Waals surface area contributed by atoms with E-state index in [2.05, 4.69) is 55.7 Å². The SMILES string of the molecule is CC(=O)Nc1ccc(N2C(=S)NC(c3ccccn3)C2c2ccn(-c3ccccc3)c2)cc1. The maximum Gasteiger partial charge on any atom is 0.221 e. The summed E-state index contributed by atoms with van der Waals surface area (Å²) in [5, 5.41) is 6.93. The monoisotopic (exact) mass is 453 g/mol. The highest BCUT2D eigenvalue weighted by atomic mass is 32.1. The van der Waals surface area contributed by atoms with Crippen LogP contribution in [-0.4, -0.2) is 20.6 Å². The van der Waals surface area contributed by atoms with Crippen molar-refractivity contribution in [3.63, 3.8) is 0 Å². The van der Waals surface area contributed by atoms with Crippen LogP contribution in [0.2, 0.25) is 0 Å². The number of nitrogens with one attached hydrogen (secondary N) is 2. The first kappa shape index (κ1) is 20.9. The number of hydrogen-bond acceptors (Lipinski definition) is 3. The fourth-order valence-corrected chi connectivity index (χ4v) is 4.58. The van der Waals surface area contributed by atoms with E-state index >= 15 is 0 Å². The van der Waals surface area contributed by atoms with Crippen molar-refractivity contribution in [2.24, 2.45) is 0 Å². The number of pyridine rings is 1. The number of carbonyl (C=O) groups excluding carboxylic acids is 1. The van der Waals surface area contributed by atoms with Gasteiger partial charge in [0, 0.05) is 42.6 Å². The van der Waals surface area contributed by atoms with E-state index in [4.69, 9.17) is 12.2 Å². The lowest BCUT2D eigenvalue weighted by Crippen LogP contribution is -2.29. The minimum atomic E-state index is -0.111. The molecule has 0 aliphatic carbocycles. The quantitative estimate of drug-likeness (QED) is 0.416. The number of carbonyl (C=O) groups is 1. The molecule has 4 aromatic rings. The summed E-state index contributed by atoms with van der Waals surface area (Å²) in [4.78, 5) is 18.1. The Balaban J connectivity index is 1.55. The predicted molar refractivity (Wildman–Crippen MR) is 134 cm³/mol. The van der Waals surface area contributed by atoms with Crippen LogP contribution in [0.4, 0.5) is 11.4 Å². The second-order valence-electron chi connectivity index (χ2n) is 7.91. The molecule has 6 nitrogen and oxygen atoms in total. The van der Waals surface area contributed by atoms with Crippen molar-refractivity contribution in [2.75, 3.05) is 10.2 Å². The topological polar surface area (TPSA) is 62.2 Å². The zero-order valence-electron chi connectivity index (χ0n) is 18.1. The van der Waals surface area contributed by atoms with Gasteiger partial charge in [-0.25, -0.2) is 0 Å². The van der Waals surface area contributed by atoms with Crippen LogP contribution in [0.5, 0.6) is 0 Å². The Morgan fingerprint density at radius 3 is 2.42 bits per heavy atom. The summed E-state index contributed by atoms with van der Waals surface area (Å²) in [6.45, 7) is 1.50. The third-order valence-electron chi connectivity index (χ3n) is 5.68. The van der Waals surface area contributed by atoms with Gasteiger partial charge >= 0.3 is 0 Å². The average Bonchev–Trinajstić information content (AvgIpc) is 3.45. The van der Waals surface area contributed by atoms with E-state index in [0.29, 0.717) is 5.11 Å². The van der Waals surface area contributed by atoms with Crippen molar-refractivity contribution in [1.82, 2.24) is 14.9 Å². The molecule has 1 saturated heterocycles. The average molecular weight is 454 g/mol. The van der Waals surface area contributed by atoms with Gasteiger partial charge in [0.2, 0.25) is 5.91 Å². The van der Waals surface area contributed by atoms with Gasteiger partial charge in [0.15, 0.2) is 5.11 Å². The van der Waals surface area contributed by atoms with Crippen LogP contribution in [-0.2, 0) is 4.79 Å². The molecule has 5 rings (SSSR count). The molecule has 1 aliphatic heterocycles. The lowest BCUT2D eigenvalue weighted by molar-refractivity contribution is -0.114. The molecule has 2 aromatic heterocycles. The lowest BCUT2D eigenvalue weighted by Gasteiger charge is -2.27. The van der Waals surface area contributed by atoms with Crippen molar-refractivity contribution in [3.05, 3.63) is 109 Å². The molecule has 164 valence electrons. The van der Waals surface area contributed by atoms with Gasteiger partial charge in [-0.1, -0.05) is 24.3 Å². The first-order chi connectivity index (χ1) is 16.1. The highest BCUT2D eigenvalue weighted by Crippen LogP contribution is 2.42. The van der Waals surface area contributed by atoms with Crippen LogP contribution < -0.4 is 15.5 Å². The Labute approximate surface area is 197 Å². The summed E-state index contributed by atoms with van der Waals surface area (Å²) in [6, 6.07) is 25.8. The third kappa shape index (κ3) is 4.23. The van der Waals surface area contributed by atoms with Gasteiger partial charge in [0.05, 0.1) is 17.8 Å². The molecule has 0 radical (unpaired) electrons. The van der Waals surface area contributed by atoms with E-state index in [-0.39, 0.29) is 18.0 Å². The molecule has 2 N–H and O–H groups in total. The highest BCUT2D eigenvalue weighted by molar-refractivity contribution is 7.80. The molecular formula is C26H23N5OS. The Bertz CT molecular complexity index is 1270. The summed E-state index contributed by atoms with van der Waals surface area (Å²) < 4.78 is 2.12. The van der Waals surface area contributed by atoms with Crippen LogP contribution >= 0.6 is 12.2 Å². The van der Waals surface area contributed by atoms with E-state index in [1.165, 1.54) is 6.92 Å². The van der Waals surface area contributed by atoms with Crippen LogP contribution in [0.1, 0.15) is 30.3 Å². The molecule has 7 heteroatoms. The number of hydrogen-bond donors (Lipinski definition) is 2. The van der Waals surface area contributed by atoms with Gasteiger partial charge in [-0.15, -0.1) is 0 Å². The van der Waals surface area contributed by atoms with E-state index in [1.807, 2.05) is 60.7 Å². The van der Waals surface area contributed by atoms with Gasteiger partial charge in [-0.2, -0.15) is 0 Å². The number of amides is 1. The zero-order valence-corrected chi connectivity index (χ0v) is 18.9. The fraction of sp³-hybridized carbons (Fsp3) is 0.115. The summed E-state index contributed by atoms with van der Waals surface area (Å²) in [5.41, 5.74) is 4.83. The Morgan fingerprint density at radius 1 is 0.970 bits per heavy atom. The number of benzene rings is 2. The van der Waals surface area contributed by atoms with Crippen LogP contribution in [0.25, 0.3) is 5.69 Å². The number of thiocarbonyl (C=S) groups is 1. The number of anilines is 2. The molecule has 33 heavy (non-hydrogen) atoms. The first-order valence-corrected chi connectivity index (χ1v) is 11.1. The molecule has 0 saturated carbocycles. The second kappa shape index (κ2) is 8.88. The lowest BCUT2D eigenvalue weighted by atomic mass is 9.98. The van der Waals surface area contributed by atoms with E-state index < -0.39 is 0 Å². The maximum atomic E-state index is 11.4. The Hall–Kier alpha value is -3.97. The summed E-state index contributed by atoms with van der Waals surface area (Å²) in [5.74, 6) is -0.101. The molecule has 2 unspecified atom stereocenters. The van der Waals surface area contributed by atoms with Crippen LogP contribution in [0.15, 0.2) is 97.5 Å². The Kier molecular flexibility index (Phi) is 5.62. The highest BCUT2D eigenvalue weighted by Gasteiger charge is 2.41. The smallest absolute Gasteiger partial charge is 0.221 e. The van der Waals surface area contributed by atoms with Crippen molar-refractivity contribution < 1.29 is 4.79 Å². The third-order valence-corrected chi connectivity index (χ3v) is 5.99. The number of rotatable bonds is 5. The fourth-order valence-electron chi connectivity index (χ4n) is 4.23. The molecule has 0 spiro atoms. The predicted octanol–water partition coefficient (Wildman–Crippen LogP) is 5.01. The summed E-state index contributed by atoms with van der Waals surface area (Å²) in [7, 11) is 0. The molecule has 3 heterocycles. The van der Waals surface area contributed by atoms with Gasteiger partial charge in [-0.3, -0.25) is 9.78 Å². The van der Waals surface area contributed by atoms with E-state index in [9.17, 15) is 4.79 Å². The molecule has 0 bridgehead atoms. The summed E-state index contributed by atoms with van der Waals surface area (Å²) >= 11 is 5.79. The number of nitrogens with zero attached hydrogens (tertiary/aromatic N) is 3. The van der Waals surface area contributed by atoms with E-state index in [1.54, 1.807) is 6.20 Å². The van der Waals surface area contributed by atoms with Crippen molar-refractivity contribution >= 4 is 34.6 Å². The summed E-state index contributed by atoms with van der Waals surface area (Å²) in [6.07, 6.45) is 6.01. The second-order valence-corrected chi connectivity index (χ2v) is 8.30. The standard InChI is InChI=1S/C26H23N5OS/c1-18(32)28-20-10-12-22(13-11-20)31-25(24(29-26(31)33)23-9-5-6-15-27-23)19-14-16-30(17-19)21-7-3-2-4-8-21/h2-17,24-25H,1H3,(H,28,32)(H,29,33).